The average molecular weight is 261 g/mol. The molecule has 1 aromatic carbocycles. The SMILES string of the molecule is CCN(Cc1ccoc1)Cc1ccc(OC)c(O)c1. The monoisotopic (exact) mass is 261 g/mol. The Balaban J connectivity index is 2.03. The lowest BCUT2D eigenvalue weighted by Crippen LogP contribution is -2.21. The van der Waals surface area contributed by atoms with Crippen LogP contribution < -0.4 is 4.74 Å². The molecule has 0 amide bonds. The largest absolute Gasteiger partial charge is 0.504 e. The lowest BCUT2D eigenvalue weighted by Gasteiger charge is -2.20. The van der Waals surface area contributed by atoms with Gasteiger partial charge in [-0.1, -0.05) is 13.0 Å². The highest BCUT2D eigenvalue weighted by Gasteiger charge is 2.08. The van der Waals surface area contributed by atoms with Crippen LogP contribution in [0.3, 0.4) is 0 Å². The molecule has 0 spiro atoms. The van der Waals surface area contributed by atoms with E-state index in [-0.39, 0.29) is 5.75 Å². The van der Waals surface area contributed by atoms with Gasteiger partial charge in [0.15, 0.2) is 11.5 Å². The second-order valence-electron chi connectivity index (χ2n) is 4.44. The van der Waals surface area contributed by atoms with Crippen molar-refractivity contribution in [2.75, 3.05) is 13.7 Å². The molecule has 0 atom stereocenters. The van der Waals surface area contributed by atoms with Gasteiger partial charge >= 0.3 is 0 Å². The Kier molecular flexibility index (Phi) is 4.47. The third-order valence-electron chi connectivity index (χ3n) is 3.08. The average Bonchev–Trinajstić information content (AvgIpc) is 2.91. The second kappa shape index (κ2) is 6.29. The zero-order valence-corrected chi connectivity index (χ0v) is 11.3. The maximum atomic E-state index is 9.78. The van der Waals surface area contributed by atoms with Crippen molar-refractivity contribution in [3.05, 3.63) is 47.9 Å². The Hall–Kier alpha value is -1.94. The van der Waals surface area contributed by atoms with Gasteiger partial charge in [-0.05, 0) is 30.3 Å². The molecule has 4 heteroatoms. The number of phenols is 1. The first kappa shape index (κ1) is 13.5. The smallest absolute Gasteiger partial charge is 0.160 e. The first-order chi connectivity index (χ1) is 9.22. The van der Waals surface area contributed by atoms with Gasteiger partial charge in [-0.3, -0.25) is 4.90 Å². The summed E-state index contributed by atoms with van der Waals surface area (Å²) in [7, 11) is 1.55. The molecule has 0 radical (unpaired) electrons. The Labute approximate surface area is 113 Å². The number of ether oxygens (including phenoxy) is 1. The van der Waals surface area contributed by atoms with Gasteiger partial charge in [0.25, 0.3) is 0 Å². The summed E-state index contributed by atoms with van der Waals surface area (Å²) < 4.78 is 10.1. The maximum absolute atomic E-state index is 9.78. The maximum Gasteiger partial charge on any atom is 0.160 e. The van der Waals surface area contributed by atoms with Crippen LogP contribution >= 0.6 is 0 Å². The minimum atomic E-state index is 0.180. The van der Waals surface area contributed by atoms with E-state index in [1.54, 1.807) is 31.8 Å². The molecule has 0 saturated heterocycles. The van der Waals surface area contributed by atoms with Gasteiger partial charge < -0.3 is 14.3 Å². The number of rotatable bonds is 6. The fraction of sp³-hybridized carbons (Fsp3) is 0.333. The molecule has 0 aliphatic carbocycles. The number of furan rings is 1. The molecule has 0 fully saturated rings. The fourth-order valence-electron chi connectivity index (χ4n) is 2.01. The predicted octanol–water partition coefficient (Wildman–Crippen LogP) is 3.02. The molecule has 1 heterocycles. The van der Waals surface area contributed by atoms with E-state index in [2.05, 4.69) is 11.8 Å². The first-order valence-electron chi connectivity index (χ1n) is 6.32. The zero-order valence-electron chi connectivity index (χ0n) is 11.3. The Morgan fingerprint density at radius 2 is 2.00 bits per heavy atom. The Morgan fingerprint density at radius 3 is 2.58 bits per heavy atom. The highest BCUT2D eigenvalue weighted by Crippen LogP contribution is 2.26. The predicted molar refractivity (Wildman–Crippen MR) is 73.2 cm³/mol. The van der Waals surface area contributed by atoms with Crippen LogP contribution in [0.5, 0.6) is 11.5 Å². The van der Waals surface area contributed by atoms with Crippen molar-refractivity contribution in [3.8, 4) is 11.5 Å². The number of benzene rings is 1. The van der Waals surface area contributed by atoms with Crippen LogP contribution in [0.15, 0.2) is 41.2 Å². The van der Waals surface area contributed by atoms with Crippen molar-refractivity contribution in [1.29, 1.82) is 0 Å². The summed E-state index contributed by atoms with van der Waals surface area (Å²) in [6, 6.07) is 7.47. The van der Waals surface area contributed by atoms with Crippen LogP contribution in [0.4, 0.5) is 0 Å². The number of aromatic hydroxyl groups is 1. The number of methoxy groups -OCH3 is 1. The number of hydrogen-bond acceptors (Lipinski definition) is 4. The summed E-state index contributed by atoms with van der Waals surface area (Å²) in [6.07, 6.45) is 3.44. The van der Waals surface area contributed by atoms with E-state index in [9.17, 15) is 5.11 Å². The first-order valence-corrected chi connectivity index (χ1v) is 6.32. The summed E-state index contributed by atoms with van der Waals surface area (Å²) in [5.74, 6) is 0.681. The summed E-state index contributed by atoms with van der Waals surface area (Å²) in [5.41, 5.74) is 2.21. The van der Waals surface area contributed by atoms with Crippen molar-refractivity contribution in [2.24, 2.45) is 0 Å². The highest BCUT2D eigenvalue weighted by molar-refractivity contribution is 5.41. The topological polar surface area (TPSA) is 45.8 Å². The third kappa shape index (κ3) is 3.51. The van der Waals surface area contributed by atoms with Crippen LogP contribution in [0, 0.1) is 0 Å². The molecule has 0 aliphatic rings. The van der Waals surface area contributed by atoms with Crippen molar-refractivity contribution in [3.63, 3.8) is 0 Å². The molecule has 102 valence electrons. The van der Waals surface area contributed by atoms with Gasteiger partial charge in [0, 0.05) is 18.7 Å². The van der Waals surface area contributed by atoms with Gasteiger partial charge in [0.2, 0.25) is 0 Å². The molecule has 0 saturated carbocycles. The standard InChI is InChI=1S/C15H19NO3/c1-3-16(10-13-6-7-19-11-13)9-12-4-5-15(18-2)14(17)8-12/h4-8,11,17H,3,9-10H2,1-2H3. The minimum absolute atomic E-state index is 0.180. The molecule has 2 rings (SSSR count). The minimum Gasteiger partial charge on any atom is -0.504 e. The molecule has 4 nitrogen and oxygen atoms in total. The number of nitrogens with zero attached hydrogens (tertiary/aromatic N) is 1. The van der Waals surface area contributed by atoms with Crippen molar-refractivity contribution in [1.82, 2.24) is 4.90 Å². The normalized spacial score (nSPS) is 10.9. The zero-order chi connectivity index (χ0) is 13.7. The summed E-state index contributed by atoms with van der Waals surface area (Å²) in [5, 5.41) is 9.78. The number of hydrogen-bond donors (Lipinski definition) is 1. The van der Waals surface area contributed by atoms with Crippen LogP contribution in [-0.4, -0.2) is 23.7 Å². The van der Waals surface area contributed by atoms with Crippen LogP contribution in [-0.2, 0) is 13.1 Å². The van der Waals surface area contributed by atoms with E-state index in [0.29, 0.717) is 5.75 Å². The van der Waals surface area contributed by atoms with Crippen LogP contribution in [0.25, 0.3) is 0 Å². The molecule has 1 N–H and O–H groups in total. The van der Waals surface area contributed by atoms with E-state index in [4.69, 9.17) is 9.15 Å². The molecule has 2 aromatic rings. The van der Waals surface area contributed by atoms with E-state index in [1.165, 1.54) is 0 Å². The quantitative estimate of drug-likeness (QED) is 0.868. The van der Waals surface area contributed by atoms with Gasteiger partial charge in [-0.15, -0.1) is 0 Å². The van der Waals surface area contributed by atoms with Crippen molar-refractivity contribution < 1.29 is 14.3 Å². The molecule has 0 bridgehead atoms. The number of phenolic OH excluding ortho intramolecular Hbond substituents is 1. The van der Waals surface area contributed by atoms with E-state index in [1.807, 2.05) is 12.1 Å². The van der Waals surface area contributed by atoms with Gasteiger partial charge in [-0.2, -0.15) is 0 Å². The Morgan fingerprint density at radius 1 is 1.21 bits per heavy atom. The van der Waals surface area contributed by atoms with E-state index in [0.717, 1.165) is 30.8 Å². The van der Waals surface area contributed by atoms with Crippen LogP contribution in [0.2, 0.25) is 0 Å². The van der Waals surface area contributed by atoms with Crippen molar-refractivity contribution >= 4 is 0 Å². The Bertz CT molecular complexity index is 508. The van der Waals surface area contributed by atoms with Gasteiger partial charge in [0.05, 0.1) is 19.6 Å². The van der Waals surface area contributed by atoms with Crippen LogP contribution in [0.1, 0.15) is 18.1 Å². The summed E-state index contributed by atoms with van der Waals surface area (Å²) >= 11 is 0. The summed E-state index contributed by atoms with van der Waals surface area (Å²) in [4.78, 5) is 2.27. The summed E-state index contributed by atoms with van der Waals surface area (Å²) in [6.45, 7) is 4.65. The molecule has 0 aliphatic heterocycles. The molecule has 1 aromatic heterocycles. The molecular weight excluding hydrogens is 242 g/mol. The van der Waals surface area contributed by atoms with Crippen molar-refractivity contribution in [2.45, 2.75) is 20.0 Å². The van der Waals surface area contributed by atoms with Gasteiger partial charge in [0.1, 0.15) is 0 Å². The molecule has 19 heavy (non-hydrogen) atoms. The second-order valence-corrected chi connectivity index (χ2v) is 4.44. The third-order valence-corrected chi connectivity index (χ3v) is 3.08. The van der Waals surface area contributed by atoms with E-state index >= 15 is 0 Å². The highest BCUT2D eigenvalue weighted by atomic mass is 16.5. The molecular formula is C15H19NO3. The molecule has 0 unspecified atom stereocenters. The fourth-order valence-corrected chi connectivity index (χ4v) is 2.01. The lowest BCUT2D eigenvalue weighted by atomic mass is 10.1. The van der Waals surface area contributed by atoms with Gasteiger partial charge in [-0.25, -0.2) is 0 Å². The van der Waals surface area contributed by atoms with E-state index < -0.39 is 0 Å². The lowest BCUT2D eigenvalue weighted by molar-refractivity contribution is 0.270.